The molecule has 0 aliphatic heterocycles. The predicted molar refractivity (Wildman–Crippen MR) is 116 cm³/mol. The maximum atomic E-state index is 12.9. The number of para-hydroxylation sites is 1. The Morgan fingerprint density at radius 3 is 2.57 bits per heavy atom. The zero-order valence-electron chi connectivity index (χ0n) is 17.0. The van der Waals surface area contributed by atoms with Gasteiger partial charge in [0.1, 0.15) is 16.7 Å². The van der Waals surface area contributed by atoms with E-state index in [4.69, 9.17) is 25.8 Å². The number of benzene rings is 2. The summed E-state index contributed by atoms with van der Waals surface area (Å²) in [6.45, 7) is 4.68. The maximum Gasteiger partial charge on any atom is 0.265 e. The van der Waals surface area contributed by atoms with E-state index in [0.29, 0.717) is 13.2 Å². The van der Waals surface area contributed by atoms with Crippen LogP contribution in [0.5, 0.6) is 5.75 Å². The van der Waals surface area contributed by atoms with Gasteiger partial charge in [0, 0.05) is 12.3 Å². The Labute approximate surface area is 181 Å². The summed E-state index contributed by atoms with van der Waals surface area (Å²) in [6.07, 6.45) is -0.742. The van der Waals surface area contributed by atoms with Crippen LogP contribution < -0.4 is 14.8 Å². The first kappa shape index (κ1) is 23.9. The van der Waals surface area contributed by atoms with E-state index in [1.165, 1.54) is 25.3 Å². The highest BCUT2D eigenvalue weighted by Crippen LogP contribution is 2.30. The van der Waals surface area contributed by atoms with Crippen molar-refractivity contribution in [2.75, 3.05) is 37.0 Å². The van der Waals surface area contributed by atoms with Crippen molar-refractivity contribution >= 4 is 38.9 Å². The maximum absolute atomic E-state index is 12.9. The van der Waals surface area contributed by atoms with Crippen molar-refractivity contribution in [2.24, 2.45) is 0 Å². The molecule has 2 rings (SSSR count). The van der Waals surface area contributed by atoms with E-state index in [0.717, 1.165) is 0 Å². The van der Waals surface area contributed by atoms with Crippen molar-refractivity contribution in [3.8, 4) is 5.75 Å². The number of sulfonamides is 1. The average Bonchev–Trinajstić information content (AvgIpc) is 2.72. The monoisotopic (exact) mass is 456 g/mol. The van der Waals surface area contributed by atoms with Crippen LogP contribution in [0.3, 0.4) is 0 Å². The summed E-state index contributed by atoms with van der Waals surface area (Å²) >= 11 is 6.05. The zero-order valence-corrected chi connectivity index (χ0v) is 18.5. The third kappa shape index (κ3) is 6.60. The fourth-order valence-corrected chi connectivity index (χ4v) is 3.97. The van der Waals surface area contributed by atoms with E-state index in [2.05, 4.69) is 10.0 Å². The Kier molecular flexibility index (Phi) is 8.91. The zero-order chi connectivity index (χ0) is 22.1. The highest BCUT2D eigenvalue weighted by atomic mass is 35.5. The molecule has 1 unspecified atom stereocenters. The molecular formula is C20H25ClN2O6S. The standard InChI is InChI=1S/C20H25ClN2O6S/c1-4-28-11-12-29-14(2)20(24)22-15-9-10-18(27-3)19(13-15)30(25,26)23-17-8-6-5-7-16(17)21/h5-10,13-14,23H,4,11-12H2,1-3H3,(H,22,24). The van der Waals surface area contributed by atoms with Crippen LogP contribution in [0.15, 0.2) is 47.4 Å². The molecule has 0 aliphatic rings. The van der Waals surface area contributed by atoms with Crippen molar-refractivity contribution in [1.82, 2.24) is 0 Å². The molecule has 0 spiro atoms. The summed E-state index contributed by atoms with van der Waals surface area (Å²) < 4.78 is 44.0. The van der Waals surface area contributed by atoms with Crippen LogP contribution in [-0.4, -0.2) is 47.4 Å². The minimum atomic E-state index is -4.04. The van der Waals surface area contributed by atoms with Gasteiger partial charge in [-0.2, -0.15) is 0 Å². The van der Waals surface area contributed by atoms with E-state index in [9.17, 15) is 13.2 Å². The number of amides is 1. The van der Waals surface area contributed by atoms with Crippen molar-refractivity contribution in [3.63, 3.8) is 0 Å². The quantitative estimate of drug-likeness (QED) is 0.501. The topological polar surface area (TPSA) is 103 Å². The molecule has 0 aliphatic carbocycles. The summed E-state index contributed by atoms with van der Waals surface area (Å²) in [7, 11) is -2.68. The van der Waals surface area contributed by atoms with Crippen molar-refractivity contribution < 1.29 is 27.4 Å². The predicted octanol–water partition coefficient (Wildman–Crippen LogP) is 3.53. The summed E-state index contributed by atoms with van der Waals surface area (Å²) in [4.78, 5) is 12.2. The molecule has 2 aromatic carbocycles. The van der Waals surface area contributed by atoms with Crippen molar-refractivity contribution in [3.05, 3.63) is 47.5 Å². The molecule has 0 saturated carbocycles. The normalized spacial score (nSPS) is 12.3. The summed E-state index contributed by atoms with van der Waals surface area (Å²) in [5.74, 6) is -0.298. The molecule has 1 atom stereocenters. The van der Waals surface area contributed by atoms with Gasteiger partial charge in [0.2, 0.25) is 0 Å². The van der Waals surface area contributed by atoms with Crippen LogP contribution in [0.4, 0.5) is 11.4 Å². The molecule has 30 heavy (non-hydrogen) atoms. The molecule has 10 heteroatoms. The van der Waals surface area contributed by atoms with Crippen LogP contribution >= 0.6 is 11.6 Å². The SMILES string of the molecule is CCOCCOC(C)C(=O)Nc1ccc(OC)c(S(=O)(=O)Nc2ccccc2Cl)c1. The average molecular weight is 457 g/mol. The van der Waals surface area contributed by atoms with Crippen molar-refractivity contribution in [2.45, 2.75) is 24.8 Å². The third-order valence-corrected chi connectivity index (χ3v) is 5.72. The third-order valence-electron chi connectivity index (χ3n) is 4.01. The van der Waals surface area contributed by atoms with E-state index in [1.807, 2.05) is 6.92 Å². The van der Waals surface area contributed by atoms with Gasteiger partial charge in [0.05, 0.1) is 31.0 Å². The van der Waals surface area contributed by atoms with Crippen LogP contribution in [0, 0.1) is 0 Å². The Morgan fingerprint density at radius 1 is 1.17 bits per heavy atom. The van der Waals surface area contributed by atoms with Gasteiger partial charge in [-0.25, -0.2) is 8.42 Å². The lowest BCUT2D eigenvalue weighted by molar-refractivity contribution is -0.127. The second kappa shape index (κ2) is 11.2. The fraction of sp³-hybridized carbons (Fsp3) is 0.350. The number of hydrogen-bond donors (Lipinski definition) is 2. The lowest BCUT2D eigenvalue weighted by atomic mass is 10.3. The van der Waals surface area contributed by atoms with Gasteiger partial charge in [-0.15, -0.1) is 0 Å². The molecular weight excluding hydrogens is 432 g/mol. The number of rotatable bonds is 11. The Balaban J connectivity index is 2.18. The molecule has 0 aromatic heterocycles. The molecule has 0 heterocycles. The number of methoxy groups -OCH3 is 1. The van der Waals surface area contributed by atoms with Gasteiger partial charge in [-0.1, -0.05) is 23.7 Å². The van der Waals surface area contributed by atoms with E-state index >= 15 is 0 Å². The molecule has 0 radical (unpaired) electrons. The second-order valence-corrected chi connectivity index (χ2v) is 8.21. The number of hydrogen-bond acceptors (Lipinski definition) is 6. The molecule has 0 fully saturated rings. The first-order chi connectivity index (χ1) is 14.3. The highest BCUT2D eigenvalue weighted by molar-refractivity contribution is 7.92. The molecule has 0 saturated heterocycles. The Hall–Kier alpha value is -2.33. The minimum Gasteiger partial charge on any atom is -0.495 e. The summed E-state index contributed by atoms with van der Waals surface area (Å²) in [5.41, 5.74) is 0.507. The molecule has 2 N–H and O–H groups in total. The number of carbonyl (C=O) groups is 1. The lowest BCUT2D eigenvalue weighted by Gasteiger charge is -2.16. The van der Waals surface area contributed by atoms with Crippen LogP contribution in [-0.2, 0) is 24.3 Å². The van der Waals surface area contributed by atoms with Crippen LogP contribution in [0.25, 0.3) is 0 Å². The largest absolute Gasteiger partial charge is 0.495 e. The number of nitrogens with one attached hydrogen (secondary N) is 2. The van der Waals surface area contributed by atoms with Gasteiger partial charge in [-0.3, -0.25) is 9.52 Å². The van der Waals surface area contributed by atoms with Gasteiger partial charge >= 0.3 is 0 Å². The van der Waals surface area contributed by atoms with Crippen LogP contribution in [0.2, 0.25) is 5.02 Å². The minimum absolute atomic E-state index is 0.119. The first-order valence-corrected chi connectivity index (χ1v) is 11.1. The Bertz CT molecular complexity index is 968. The first-order valence-electron chi connectivity index (χ1n) is 9.24. The van der Waals surface area contributed by atoms with Gasteiger partial charge in [0.25, 0.3) is 15.9 Å². The van der Waals surface area contributed by atoms with Gasteiger partial charge in [0.15, 0.2) is 0 Å². The summed E-state index contributed by atoms with van der Waals surface area (Å²) in [5, 5.41) is 2.90. The number of anilines is 2. The van der Waals surface area contributed by atoms with E-state index in [1.54, 1.807) is 31.2 Å². The lowest BCUT2D eigenvalue weighted by Crippen LogP contribution is -2.29. The molecule has 2 aromatic rings. The number of ether oxygens (including phenoxy) is 3. The molecule has 0 bridgehead atoms. The number of carbonyl (C=O) groups excluding carboxylic acids is 1. The summed E-state index contributed by atoms with van der Waals surface area (Å²) in [6, 6.07) is 10.8. The number of halogens is 1. The van der Waals surface area contributed by atoms with Gasteiger partial charge < -0.3 is 19.5 Å². The smallest absolute Gasteiger partial charge is 0.265 e. The van der Waals surface area contributed by atoms with Gasteiger partial charge in [-0.05, 0) is 44.2 Å². The molecule has 164 valence electrons. The highest BCUT2D eigenvalue weighted by Gasteiger charge is 2.22. The van der Waals surface area contributed by atoms with Crippen LogP contribution in [0.1, 0.15) is 13.8 Å². The fourth-order valence-electron chi connectivity index (χ4n) is 2.46. The van der Waals surface area contributed by atoms with E-state index < -0.39 is 22.0 Å². The van der Waals surface area contributed by atoms with E-state index in [-0.39, 0.29) is 33.6 Å². The molecule has 8 nitrogen and oxygen atoms in total. The molecule has 1 amide bonds. The van der Waals surface area contributed by atoms with Crippen molar-refractivity contribution in [1.29, 1.82) is 0 Å². The Morgan fingerprint density at radius 2 is 1.90 bits per heavy atom. The second-order valence-electron chi connectivity index (χ2n) is 6.15.